The summed E-state index contributed by atoms with van der Waals surface area (Å²) in [6.07, 6.45) is 4.97. The summed E-state index contributed by atoms with van der Waals surface area (Å²) in [5, 5.41) is 19.7. The van der Waals surface area contributed by atoms with E-state index < -0.39 is 5.60 Å². The van der Waals surface area contributed by atoms with Crippen LogP contribution in [0.25, 0.3) is 11.1 Å². The Morgan fingerprint density at radius 1 is 1.18 bits per heavy atom. The second-order valence-electron chi connectivity index (χ2n) is 11.0. The third kappa shape index (κ3) is 8.19. The molecule has 1 saturated heterocycles. The van der Waals surface area contributed by atoms with Crippen LogP contribution >= 0.6 is 11.6 Å². The highest BCUT2D eigenvalue weighted by Gasteiger charge is 2.42. The Morgan fingerprint density at radius 2 is 1.92 bits per heavy atom. The normalized spacial score (nSPS) is 18.3. The second-order valence-corrected chi connectivity index (χ2v) is 11.5. The van der Waals surface area contributed by atoms with Crippen LogP contribution in [0.2, 0.25) is 5.02 Å². The number of piperidine rings is 1. The average molecular weight is 544 g/mol. The molecule has 7 heteroatoms. The number of benzene rings is 2. The molecule has 0 spiro atoms. The second kappa shape index (κ2) is 14.9. The number of nitrogens with zero attached hydrogens (tertiary/aromatic N) is 1. The number of likely N-dealkylation sites (N-methyl/N-ethyl adjacent to an activating group) is 1. The molecule has 6 nitrogen and oxygen atoms in total. The van der Waals surface area contributed by atoms with Gasteiger partial charge in [0.15, 0.2) is 0 Å². The van der Waals surface area contributed by atoms with Crippen LogP contribution in [0.5, 0.6) is 0 Å². The van der Waals surface area contributed by atoms with Crippen LogP contribution in [-0.4, -0.2) is 62.5 Å². The predicted octanol–water partition coefficient (Wildman–Crippen LogP) is 6.07. The Bertz CT molecular complexity index is 1000. The molecular weight excluding hydrogens is 498 g/mol. The third-order valence-corrected chi connectivity index (χ3v) is 7.88. The first kappa shape index (κ1) is 30.4. The smallest absolute Gasteiger partial charge is 0.317 e. The van der Waals surface area contributed by atoms with Crippen LogP contribution in [0.1, 0.15) is 57.9 Å². The van der Waals surface area contributed by atoms with Crippen molar-refractivity contribution in [1.29, 1.82) is 0 Å². The summed E-state index contributed by atoms with van der Waals surface area (Å²) in [6.45, 7) is 6.97. The van der Waals surface area contributed by atoms with Crippen molar-refractivity contribution in [2.45, 2.75) is 64.0 Å². The average Bonchev–Trinajstić information content (AvgIpc) is 2.91. The molecular formula is C31H46ClN3O3. The molecule has 0 bridgehead atoms. The molecule has 3 rings (SSSR count). The number of likely N-dealkylation sites (tertiary alicyclic amines) is 1. The van der Waals surface area contributed by atoms with Crippen molar-refractivity contribution in [3.63, 3.8) is 0 Å². The number of hydrogen-bond donors (Lipinski definition) is 3. The van der Waals surface area contributed by atoms with E-state index in [1.807, 2.05) is 54.4 Å². The van der Waals surface area contributed by atoms with Crippen molar-refractivity contribution in [2.75, 3.05) is 40.4 Å². The van der Waals surface area contributed by atoms with E-state index >= 15 is 0 Å². The number of hydrogen-bond acceptors (Lipinski definition) is 4. The number of rotatable bonds is 13. The van der Waals surface area contributed by atoms with E-state index in [9.17, 15) is 9.90 Å². The third-order valence-electron chi connectivity index (χ3n) is 7.62. The monoisotopic (exact) mass is 543 g/mol. The number of amides is 2. The van der Waals surface area contributed by atoms with Gasteiger partial charge in [0.2, 0.25) is 0 Å². The van der Waals surface area contributed by atoms with Crippen LogP contribution in [-0.2, 0) is 10.3 Å². The molecule has 1 aliphatic rings. The van der Waals surface area contributed by atoms with E-state index in [4.69, 9.17) is 16.3 Å². The largest absolute Gasteiger partial charge is 0.385 e. The molecule has 2 amide bonds. The molecule has 2 aromatic carbocycles. The minimum absolute atomic E-state index is 0.0386. The molecule has 0 aromatic heterocycles. The predicted molar refractivity (Wildman–Crippen MR) is 157 cm³/mol. The lowest BCUT2D eigenvalue weighted by atomic mass is 9.72. The van der Waals surface area contributed by atoms with Gasteiger partial charge in [0.05, 0.1) is 5.60 Å². The molecule has 210 valence electrons. The van der Waals surface area contributed by atoms with Crippen molar-refractivity contribution in [2.24, 2.45) is 11.8 Å². The number of carbonyl (C=O) groups excluding carboxylic acids is 1. The first-order valence-electron chi connectivity index (χ1n) is 14.0. The number of ether oxygens (including phenoxy) is 1. The number of aliphatic hydroxyl groups is 1. The van der Waals surface area contributed by atoms with Gasteiger partial charge in [-0.05, 0) is 80.3 Å². The van der Waals surface area contributed by atoms with Gasteiger partial charge in [-0.15, -0.1) is 0 Å². The number of halogens is 1. The lowest BCUT2D eigenvalue weighted by Crippen LogP contribution is -2.54. The number of urea groups is 1. The van der Waals surface area contributed by atoms with Crippen LogP contribution in [0.4, 0.5) is 4.79 Å². The fourth-order valence-electron chi connectivity index (χ4n) is 5.77. The van der Waals surface area contributed by atoms with Gasteiger partial charge in [-0.25, -0.2) is 4.79 Å². The quantitative estimate of drug-likeness (QED) is 0.268. The van der Waals surface area contributed by atoms with E-state index in [1.165, 1.54) is 0 Å². The Hall–Kier alpha value is -2.12. The summed E-state index contributed by atoms with van der Waals surface area (Å²) in [5.74, 6) is 0.412. The zero-order chi connectivity index (χ0) is 27.5. The van der Waals surface area contributed by atoms with E-state index in [0.717, 1.165) is 55.3 Å². The zero-order valence-corrected chi connectivity index (χ0v) is 24.3. The van der Waals surface area contributed by atoms with Gasteiger partial charge in [-0.1, -0.05) is 61.8 Å². The number of nitrogens with one attached hydrogen (secondary N) is 2. The van der Waals surface area contributed by atoms with Crippen molar-refractivity contribution in [1.82, 2.24) is 15.5 Å². The molecule has 38 heavy (non-hydrogen) atoms. The highest BCUT2D eigenvalue weighted by Crippen LogP contribution is 2.43. The maximum absolute atomic E-state index is 13.4. The molecule has 1 heterocycles. The maximum atomic E-state index is 13.4. The van der Waals surface area contributed by atoms with Crippen LogP contribution in [0.3, 0.4) is 0 Å². The van der Waals surface area contributed by atoms with Gasteiger partial charge in [0.1, 0.15) is 0 Å². The van der Waals surface area contributed by atoms with Gasteiger partial charge in [-0.3, -0.25) is 0 Å². The minimum atomic E-state index is -1.08. The standard InChI is InChI=1S/C31H46ClN3O3/c1-23(2)20-27(21-33-3)34-30(36)35-18-9-10-25(22-35)31(37,17-7-8-19-38-4)29-12-6-5-11-28(29)24-13-15-26(32)16-14-24/h5-6,11-16,23,25,27,33,37H,7-10,17-22H2,1-4H3,(H,34,36). The Kier molecular flexibility index (Phi) is 11.9. The summed E-state index contributed by atoms with van der Waals surface area (Å²) >= 11 is 6.17. The molecule has 0 aliphatic carbocycles. The zero-order valence-electron chi connectivity index (χ0n) is 23.5. The first-order chi connectivity index (χ1) is 18.3. The fourth-order valence-corrected chi connectivity index (χ4v) is 5.89. The van der Waals surface area contributed by atoms with Crippen LogP contribution in [0, 0.1) is 11.8 Å². The molecule has 3 N–H and O–H groups in total. The summed E-state index contributed by atoms with van der Waals surface area (Å²) in [4.78, 5) is 15.3. The minimum Gasteiger partial charge on any atom is -0.385 e. The SMILES string of the molecule is CNCC(CC(C)C)NC(=O)N1CCCC(C(O)(CCCCOC)c2ccccc2-c2ccc(Cl)cc2)C1. The number of carbonyl (C=O) groups is 1. The topological polar surface area (TPSA) is 73.8 Å². The van der Waals surface area contributed by atoms with Crippen molar-refractivity contribution in [3.05, 3.63) is 59.1 Å². The molecule has 1 fully saturated rings. The van der Waals surface area contributed by atoms with Gasteiger partial charge in [-0.2, -0.15) is 0 Å². The maximum Gasteiger partial charge on any atom is 0.317 e. The van der Waals surface area contributed by atoms with E-state index in [-0.39, 0.29) is 18.0 Å². The van der Waals surface area contributed by atoms with Crippen LogP contribution < -0.4 is 10.6 Å². The summed E-state index contributed by atoms with van der Waals surface area (Å²) in [7, 11) is 3.62. The van der Waals surface area contributed by atoms with Gasteiger partial charge in [0, 0.05) is 50.3 Å². The van der Waals surface area contributed by atoms with Gasteiger partial charge >= 0.3 is 6.03 Å². The van der Waals surface area contributed by atoms with E-state index in [2.05, 4.69) is 30.5 Å². The summed E-state index contributed by atoms with van der Waals surface area (Å²) in [6, 6.07) is 15.9. The molecule has 2 aromatic rings. The first-order valence-corrected chi connectivity index (χ1v) is 14.4. The Morgan fingerprint density at radius 3 is 2.61 bits per heavy atom. The molecule has 1 aliphatic heterocycles. The highest BCUT2D eigenvalue weighted by molar-refractivity contribution is 6.30. The van der Waals surface area contributed by atoms with E-state index in [0.29, 0.717) is 37.1 Å². The lowest BCUT2D eigenvalue weighted by Gasteiger charge is -2.44. The molecule has 0 radical (unpaired) electrons. The van der Waals surface area contributed by atoms with Crippen molar-refractivity contribution >= 4 is 17.6 Å². The van der Waals surface area contributed by atoms with Crippen molar-refractivity contribution < 1.29 is 14.6 Å². The molecule has 3 unspecified atom stereocenters. The van der Waals surface area contributed by atoms with Crippen LogP contribution in [0.15, 0.2) is 48.5 Å². The van der Waals surface area contributed by atoms with E-state index in [1.54, 1.807) is 7.11 Å². The highest BCUT2D eigenvalue weighted by atomic mass is 35.5. The molecule has 3 atom stereocenters. The summed E-state index contributed by atoms with van der Waals surface area (Å²) < 4.78 is 5.28. The Labute approximate surface area is 234 Å². The number of unbranched alkanes of at least 4 members (excludes halogenated alkanes) is 1. The molecule has 0 saturated carbocycles. The fraction of sp³-hybridized carbons (Fsp3) is 0.581. The summed E-state index contributed by atoms with van der Waals surface area (Å²) in [5.41, 5.74) is 1.87. The number of methoxy groups -OCH3 is 1. The Balaban J connectivity index is 1.89. The van der Waals surface area contributed by atoms with Crippen molar-refractivity contribution in [3.8, 4) is 11.1 Å². The van der Waals surface area contributed by atoms with Gasteiger partial charge < -0.3 is 25.4 Å². The lowest BCUT2D eigenvalue weighted by molar-refractivity contribution is -0.0559. The van der Waals surface area contributed by atoms with Gasteiger partial charge in [0.25, 0.3) is 0 Å².